The first-order valence-corrected chi connectivity index (χ1v) is 12.1. The molecule has 7 rings (SSSR count). The molecule has 3 N–H and O–H groups in total. The summed E-state index contributed by atoms with van der Waals surface area (Å²) in [5, 5.41) is 42.7. The number of ether oxygens (including phenoxy) is 3. The van der Waals surface area contributed by atoms with Crippen molar-refractivity contribution in [3.05, 3.63) is 29.8 Å². The number of aliphatic hydroxyl groups excluding tert-OH is 2. The molecule has 1 aromatic rings. The quantitative estimate of drug-likeness (QED) is 0.272. The van der Waals surface area contributed by atoms with Gasteiger partial charge in [0.25, 0.3) is 5.79 Å². The Balaban J connectivity index is 0.00000308. The number of hydrogen-bond donors (Lipinski definition) is 3. The zero-order chi connectivity index (χ0) is 27.3. The molecule has 192 valence electrons. The summed E-state index contributed by atoms with van der Waals surface area (Å²) in [5.41, 5.74) is -3.01. The number of benzene rings is 1. The number of carbonyl (C=O) groups is 1. The Bertz CT molecular complexity index is 1090. The minimum absolute atomic E-state index is 0. The van der Waals surface area contributed by atoms with Crippen LogP contribution in [0.1, 0.15) is 48.7 Å². The zero-order valence-electron chi connectivity index (χ0n) is 23.2. The van der Waals surface area contributed by atoms with Crippen LogP contribution in [0, 0.1) is 23.7 Å². The van der Waals surface area contributed by atoms with E-state index in [0.717, 1.165) is 32.6 Å². The molecular weight excluding hydrogens is 483 g/mol. The van der Waals surface area contributed by atoms with Crippen LogP contribution in [0.15, 0.2) is 24.3 Å². The van der Waals surface area contributed by atoms with Gasteiger partial charge in [-0.25, -0.2) is 4.89 Å². The SMILES string of the molecule is [2H]C([2H])([2H])OC1(c2cccc(O[C@@H]3OC(C(=O)[O-])[C@@](C)(O)C(O)[C@@H]3O)c2)OOC12C1CC3CC(C1)CC2C3.[Na+]. The van der Waals surface area contributed by atoms with Gasteiger partial charge in [0.1, 0.15) is 29.7 Å². The van der Waals surface area contributed by atoms with E-state index in [1.54, 1.807) is 12.1 Å². The van der Waals surface area contributed by atoms with E-state index in [1.165, 1.54) is 18.6 Å². The van der Waals surface area contributed by atoms with Gasteiger partial charge in [0.15, 0.2) is 5.60 Å². The van der Waals surface area contributed by atoms with Gasteiger partial charge < -0.3 is 39.4 Å². The van der Waals surface area contributed by atoms with Gasteiger partial charge in [0, 0.05) is 12.6 Å². The average molecular weight is 518 g/mol. The van der Waals surface area contributed by atoms with E-state index in [2.05, 4.69) is 0 Å². The van der Waals surface area contributed by atoms with Crippen LogP contribution >= 0.6 is 0 Å². The molecule has 36 heavy (non-hydrogen) atoms. The second-order valence-electron chi connectivity index (χ2n) is 11.0. The van der Waals surface area contributed by atoms with Crippen LogP contribution in [-0.2, 0) is 29.8 Å². The van der Waals surface area contributed by atoms with Crippen LogP contribution in [0.25, 0.3) is 0 Å². The van der Waals surface area contributed by atoms with E-state index in [0.29, 0.717) is 17.4 Å². The second-order valence-corrected chi connectivity index (χ2v) is 11.0. The summed E-state index contributed by atoms with van der Waals surface area (Å²) in [6.07, 6.45) is -2.65. The molecule has 6 atom stereocenters. The van der Waals surface area contributed by atoms with Crippen molar-refractivity contribution in [2.45, 2.75) is 80.6 Å². The standard InChI is InChI=1S/C25H32O10.Na/c1-23(30)19(27)18(26)22(33-20(23)21(28)29)32-17-5-3-4-14(11-17)25(31-2)24(34-35-25)15-7-12-6-13(9-15)10-16(24)8-12;/h3-5,11-13,15-16,18-20,22,26-27,30H,6-10H2,1-2H3,(H,28,29);/q;+1/p-1/t12?,13?,15?,16?,18-,19?,20?,22+,23-,24?,25?;/m0./s1/i2D3;. The predicted molar refractivity (Wildman–Crippen MR) is 114 cm³/mol. The molecule has 2 saturated heterocycles. The van der Waals surface area contributed by atoms with Crippen molar-refractivity contribution in [1.82, 2.24) is 0 Å². The average Bonchev–Trinajstić information content (AvgIpc) is 2.81. The molecule has 1 spiro atoms. The van der Waals surface area contributed by atoms with Crippen molar-refractivity contribution in [3.63, 3.8) is 0 Å². The summed E-state index contributed by atoms with van der Waals surface area (Å²) in [4.78, 5) is 23.1. The maximum absolute atomic E-state index is 11.5. The van der Waals surface area contributed by atoms with Crippen LogP contribution in [0.4, 0.5) is 0 Å². The Morgan fingerprint density at radius 2 is 1.81 bits per heavy atom. The molecule has 0 radical (unpaired) electrons. The van der Waals surface area contributed by atoms with E-state index in [4.69, 9.17) is 28.1 Å². The minimum Gasteiger partial charge on any atom is -0.547 e. The monoisotopic (exact) mass is 517 g/mol. The maximum Gasteiger partial charge on any atom is 1.00 e. The fourth-order valence-corrected chi connectivity index (χ4v) is 7.50. The summed E-state index contributed by atoms with van der Waals surface area (Å²) in [6.45, 7) is 1.01. The molecular formula is C25H31NaO10. The number of hydrogen-bond acceptors (Lipinski definition) is 10. The van der Waals surface area contributed by atoms with Gasteiger partial charge in [0.05, 0.1) is 10.1 Å². The summed E-state index contributed by atoms with van der Waals surface area (Å²) < 4.78 is 40.5. The fraction of sp³-hybridized carbons (Fsp3) is 0.720. The topological polar surface area (TPSA) is 147 Å². The Hall–Kier alpha value is -0.790. The molecule has 10 nitrogen and oxygen atoms in total. The van der Waals surface area contributed by atoms with E-state index in [9.17, 15) is 25.2 Å². The molecule has 4 aliphatic carbocycles. The molecule has 1 aromatic carbocycles. The van der Waals surface area contributed by atoms with Gasteiger partial charge in [-0.15, -0.1) is 0 Å². The number of rotatable bonds is 5. The van der Waals surface area contributed by atoms with E-state index in [-0.39, 0.29) is 47.1 Å². The first-order chi connectivity index (χ1) is 17.8. The van der Waals surface area contributed by atoms with Gasteiger partial charge in [-0.2, -0.15) is 4.89 Å². The van der Waals surface area contributed by atoms with Crippen molar-refractivity contribution < 1.29 is 82.9 Å². The maximum atomic E-state index is 11.5. The van der Waals surface area contributed by atoms with Crippen molar-refractivity contribution >= 4 is 5.97 Å². The minimum atomic E-state index is -2.82. The number of methoxy groups -OCH3 is 1. The summed E-state index contributed by atoms with van der Waals surface area (Å²) in [5.74, 6) is -2.26. The fourth-order valence-electron chi connectivity index (χ4n) is 7.50. The van der Waals surface area contributed by atoms with Crippen molar-refractivity contribution in [3.8, 4) is 5.75 Å². The van der Waals surface area contributed by atoms with Gasteiger partial charge in [0.2, 0.25) is 6.29 Å². The number of carbonyl (C=O) groups excluding carboxylic acids is 1. The van der Waals surface area contributed by atoms with E-state index < -0.39 is 54.6 Å². The van der Waals surface area contributed by atoms with Gasteiger partial charge in [-0.3, -0.25) is 0 Å². The summed E-state index contributed by atoms with van der Waals surface area (Å²) in [6, 6.07) is 6.15. The first-order valence-electron chi connectivity index (χ1n) is 13.6. The molecule has 4 saturated carbocycles. The van der Waals surface area contributed by atoms with Crippen molar-refractivity contribution in [2.75, 3.05) is 7.04 Å². The van der Waals surface area contributed by atoms with Gasteiger partial charge in [-0.05, 0) is 74.8 Å². The zero-order valence-corrected chi connectivity index (χ0v) is 22.2. The smallest absolute Gasteiger partial charge is 0.547 e. The third-order valence-corrected chi connectivity index (χ3v) is 8.99. The van der Waals surface area contributed by atoms with Gasteiger partial charge >= 0.3 is 29.6 Å². The predicted octanol–water partition coefficient (Wildman–Crippen LogP) is -3.03. The molecule has 6 aliphatic rings. The number of carboxylic acid groups (broad SMARTS) is 1. The van der Waals surface area contributed by atoms with Gasteiger partial charge in [-0.1, -0.05) is 12.1 Å². The molecule has 2 heterocycles. The van der Waals surface area contributed by atoms with Crippen molar-refractivity contribution in [1.29, 1.82) is 0 Å². The Morgan fingerprint density at radius 1 is 1.14 bits per heavy atom. The Labute approximate surface area is 235 Å². The number of aliphatic hydroxyl groups is 3. The van der Waals surface area contributed by atoms with Crippen LogP contribution in [0.3, 0.4) is 0 Å². The molecule has 4 bridgehead atoms. The molecule has 2 aliphatic heterocycles. The summed E-state index contributed by atoms with van der Waals surface area (Å²) in [7, 11) is -2.82. The van der Waals surface area contributed by atoms with E-state index in [1.807, 2.05) is 0 Å². The normalized spacial score (nSPS) is 50.4. The number of carboxylic acids is 1. The molecule has 6 fully saturated rings. The molecule has 0 amide bonds. The second kappa shape index (κ2) is 9.15. The molecule has 3 unspecified atom stereocenters. The van der Waals surface area contributed by atoms with Crippen LogP contribution < -0.4 is 39.4 Å². The van der Waals surface area contributed by atoms with Crippen LogP contribution in [0.5, 0.6) is 5.75 Å². The molecule has 11 heteroatoms. The van der Waals surface area contributed by atoms with Crippen LogP contribution in [0.2, 0.25) is 0 Å². The third-order valence-electron chi connectivity index (χ3n) is 8.99. The third kappa shape index (κ3) is 3.57. The van der Waals surface area contributed by atoms with E-state index >= 15 is 0 Å². The summed E-state index contributed by atoms with van der Waals surface area (Å²) >= 11 is 0. The van der Waals surface area contributed by atoms with Crippen LogP contribution in [-0.4, -0.2) is 64.1 Å². The largest absolute Gasteiger partial charge is 1.00 e. The molecule has 0 aromatic heterocycles. The van der Waals surface area contributed by atoms with Crippen molar-refractivity contribution in [2.24, 2.45) is 23.7 Å². The number of aliphatic carboxylic acids is 1. The first kappa shape index (κ1) is 23.1. The Morgan fingerprint density at radius 3 is 2.36 bits per heavy atom. The Kier molecular flexibility index (Phi) is 5.88.